The van der Waals surface area contributed by atoms with Gasteiger partial charge in [0.2, 0.25) is 5.91 Å². The molecule has 1 heterocycles. The lowest BCUT2D eigenvalue weighted by molar-refractivity contribution is -0.134. The van der Waals surface area contributed by atoms with Crippen molar-refractivity contribution in [2.45, 2.75) is 38.6 Å². The van der Waals surface area contributed by atoms with E-state index in [2.05, 4.69) is 5.10 Å². The Morgan fingerprint density at radius 1 is 1.29 bits per heavy atom. The Bertz CT molecular complexity index is 602. The number of nitrogens with zero attached hydrogens (tertiary/aromatic N) is 2. The molecule has 0 saturated heterocycles. The van der Waals surface area contributed by atoms with Gasteiger partial charge < -0.3 is 5.11 Å². The molecule has 1 N–H and O–H groups in total. The average Bonchev–Trinajstić information content (AvgIpc) is 3.32. The van der Waals surface area contributed by atoms with Crippen molar-refractivity contribution in [1.82, 2.24) is 5.01 Å². The highest BCUT2D eigenvalue weighted by atomic mass is 16.4. The summed E-state index contributed by atoms with van der Waals surface area (Å²) in [6.45, 7) is 1.92. The van der Waals surface area contributed by atoms with E-state index in [0.717, 1.165) is 17.7 Å². The Balaban J connectivity index is 1.82. The van der Waals surface area contributed by atoms with Crippen LogP contribution in [-0.4, -0.2) is 27.7 Å². The lowest BCUT2D eigenvalue weighted by atomic mass is 10.0. The van der Waals surface area contributed by atoms with Gasteiger partial charge in [0.25, 0.3) is 0 Å². The van der Waals surface area contributed by atoms with Gasteiger partial charge in [-0.25, -0.2) is 9.80 Å². The number of hydrogen-bond donors (Lipinski definition) is 1. The summed E-state index contributed by atoms with van der Waals surface area (Å²) in [5.41, 5.74) is 2.29. The summed E-state index contributed by atoms with van der Waals surface area (Å²) in [7, 11) is 0. The van der Waals surface area contributed by atoms with E-state index in [0.29, 0.717) is 12.3 Å². The molecule has 0 spiro atoms. The van der Waals surface area contributed by atoms with Crippen molar-refractivity contribution in [3.8, 4) is 0 Å². The van der Waals surface area contributed by atoms with Gasteiger partial charge >= 0.3 is 5.97 Å². The molecule has 2 aliphatic rings. The standard InChI is InChI=1S/C16H18N2O3/c1-10(11-2-6-13(7-3-11)16(20)21)18-15(19)9-8-14(17-18)12-4-5-12/h2-3,6-7,10,12H,4-5,8-9H2,1H3,(H,20,21). The third-order valence-corrected chi connectivity index (χ3v) is 4.14. The molecule has 1 fully saturated rings. The van der Waals surface area contributed by atoms with Gasteiger partial charge in [0.1, 0.15) is 0 Å². The number of carbonyl (C=O) groups excluding carboxylic acids is 1. The number of hydrazone groups is 1. The smallest absolute Gasteiger partial charge is 0.335 e. The molecule has 0 radical (unpaired) electrons. The highest BCUT2D eigenvalue weighted by molar-refractivity contribution is 5.95. The first-order valence-corrected chi connectivity index (χ1v) is 7.29. The summed E-state index contributed by atoms with van der Waals surface area (Å²) in [5.74, 6) is -0.339. The summed E-state index contributed by atoms with van der Waals surface area (Å²) >= 11 is 0. The third kappa shape index (κ3) is 2.82. The fourth-order valence-electron chi connectivity index (χ4n) is 2.64. The second-order valence-electron chi connectivity index (χ2n) is 5.71. The maximum Gasteiger partial charge on any atom is 0.335 e. The van der Waals surface area contributed by atoms with Crippen LogP contribution in [0.4, 0.5) is 0 Å². The number of aromatic carboxylic acids is 1. The second kappa shape index (κ2) is 5.31. The van der Waals surface area contributed by atoms with Crippen molar-refractivity contribution < 1.29 is 14.7 Å². The van der Waals surface area contributed by atoms with E-state index < -0.39 is 5.97 Å². The lowest BCUT2D eigenvalue weighted by Crippen LogP contribution is -2.34. The normalized spacial score (nSPS) is 20.1. The zero-order valence-electron chi connectivity index (χ0n) is 12.0. The molecule has 1 aliphatic heterocycles. The maximum atomic E-state index is 12.1. The minimum atomic E-state index is -0.947. The average molecular weight is 286 g/mol. The van der Waals surface area contributed by atoms with Crippen LogP contribution < -0.4 is 0 Å². The molecule has 1 amide bonds. The molecule has 1 saturated carbocycles. The summed E-state index contributed by atoms with van der Waals surface area (Å²) in [5, 5.41) is 15.0. The Morgan fingerprint density at radius 3 is 2.52 bits per heavy atom. The molecule has 1 unspecified atom stereocenters. The van der Waals surface area contributed by atoms with Crippen LogP contribution in [0, 0.1) is 5.92 Å². The summed E-state index contributed by atoms with van der Waals surface area (Å²) < 4.78 is 0. The Kier molecular flexibility index (Phi) is 3.49. The number of carbonyl (C=O) groups is 2. The molecule has 110 valence electrons. The number of hydrogen-bond acceptors (Lipinski definition) is 3. The topological polar surface area (TPSA) is 70.0 Å². The zero-order chi connectivity index (χ0) is 15.0. The number of carboxylic acid groups (broad SMARTS) is 1. The molecule has 5 nitrogen and oxygen atoms in total. The molecular formula is C16H18N2O3. The van der Waals surface area contributed by atoms with Gasteiger partial charge in [-0.3, -0.25) is 4.79 Å². The molecule has 1 aromatic carbocycles. The van der Waals surface area contributed by atoms with E-state index in [4.69, 9.17) is 5.11 Å². The first kappa shape index (κ1) is 13.8. The van der Waals surface area contributed by atoms with Crippen LogP contribution in [0.2, 0.25) is 0 Å². The van der Waals surface area contributed by atoms with Gasteiger partial charge in [0, 0.05) is 12.1 Å². The first-order valence-electron chi connectivity index (χ1n) is 7.29. The van der Waals surface area contributed by atoms with Gasteiger partial charge in [-0.2, -0.15) is 5.10 Å². The van der Waals surface area contributed by atoms with Crippen molar-refractivity contribution in [2.24, 2.45) is 11.0 Å². The minimum absolute atomic E-state index is 0.0363. The van der Waals surface area contributed by atoms with Crippen LogP contribution in [0.25, 0.3) is 0 Å². The number of carboxylic acids is 1. The fraction of sp³-hybridized carbons (Fsp3) is 0.438. The fourth-order valence-corrected chi connectivity index (χ4v) is 2.64. The number of amides is 1. The lowest BCUT2D eigenvalue weighted by Gasteiger charge is -2.29. The molecule has 1 atom stereocenters. The number of benzene rings is 1. The predicted molar refractivity (Wildman–Crippen MR) is 78.1 cm³/mol. The van der Waals surface area contributed by atoms with Gasteiger partial charge in [-0.15, -0.1) is 0 Å². The van der Waals surface area contributed by atoms with Crippen LogP contribution in [0.3, 0.4) is 0 Å². The van der Waals surface area contributed by atoms with Gasteiger partial charge in [0.05, 0.1) is 11.6 Å². The minimum Gasteiger partial charge on any atom is -0.478 e. The molecule has 0 bridgehead atoms. The Hall–Kier alpha value is -2.17. The second-order valence-corrected chi connectivity index (χ2v) is 5.71. The zero-order valence-corrected chi connectivity index (χ0v) is 12.0. The SMILES string of the molecule is CC(c1ccc(C(=O)O)cc1)N1N=C(C2CC2)CCC1=O. The molecule has 0 aromatic heterocycles. The predicted octanol–water partition coefficient (Wildman–Crippen LogP) is 2.83. The van der Waals surface area contributed by atoms with Crippen molar-refractivity contribution in [3.63, 3.8) is 0 Å². The summed E-state index contributed by atoms with van der Waals surface area (Å²) in [4.78, 5) is 23.0. The van der Waals surface area contributed by atoms with E-state index >= 15 is 0 Å². The van der Waals surface area contributed by atoms with Crippen molar-refractivity contribution in [2.75, 3.05) is 0 Å². The van der Waals surface area contributed by atoms with E-state index in [1.807, 2.05) is 6.92 Å². The van der Waals surface area contributed by atoms with E-state index in [9.17, 15) is 9.59 Å². The van der Waals surface area contributed by atoms with Crippen LogP contribution >= 0.6 is 0 Å². The van der Waals surface area contributed by atoms with Crippen LogP contribution in [-0.2, 0) is 4.79 Å². The Morgan fingerprint density at radius 2 is 1.95 bits per heavy atom. The molecule has 3 rings (SSSR count). The maximum absolute atomic E-state index is 12.1. The van der Waals surface area contributed by atoms with Crippen LogP contribution in [0.1, 0.15) is 54.6 Å². The van der Waals surface area contributed by atoms with Crippen molar-refractivity contribution in [3.05, 3.63) is 35.4 Å². The summed E-state index contributed by atoms with van der Waals surface area (Å²) in [6, 6.07) is 6.46. The van der Waals surface area contributed by atoms with E-state index in [-0.39, 0.29) is 17.5 Å². The monoisotopic (exact) mass is 286 g/mol. The first-order chi connectivity index (χ1) is 10.1. The third-order valence-electron chi connectivity index (χ3n) is 4.14. The number of rotatable bonds is 4. The highest BCUT2D eigenvalue weighted by Gasteiger charge is 2.33. The largest absolute Gasteiger partial charge is 0.478 e. The van der Waals surface area contributed by atoms with Gasteiger partial charge in [0.15, 0.2) is 0 Å². The molecule has 5 heteroatoms. The van der Waals surface area contributed by atoms with Crippen LogP contribution in [0.15, 0.2) is 29.4 Å². The Labute approximate surface area is 123 Å². The van der Waals surface area contributed by atoms with Crippen molar-refractivity contribution >= 4 is 17.6 Å². The highest BCUT2D eigenvalue weighted by Crippen LogP contribution is 2.35. The van der Waals surface area contributed by atoms with Crippen LogP contribution in [0.5, 0.6) is 0 Å². The summed E-state index contributed by atoms with van der Waals surface area (Å²) in [6.07, 6.45) is 3.67. The molecule has 1 aromatic rings. The quantitative estimate of drug-likeness (QED) is 0.925. The van der Waals surface area contributed by atoms with E-state index in [1.165, 1.54) is 12.8 Å². The molecule has 21 heavy (non-hydrogen) atoms. The van der Waals surface area contributed by atoms with Gasteiger partial charge in [-0.05, 0) is 49.8 Å². The molecule has 1 aliphatic carbocycles. The van der Waals surface area contributed by atoms with E-state index in [1.54, 1.807) is 29.3 Å². The molecular weight excluding hydrogens is 268 g/mol. The van der Waals surface area contributed by atoms with Crippen molar-refractivity contribution in [1.29, 1.82) is 0 Å². The van der Waals surface area contributed by atoms with Gasteiger partial charge in [-0.1, -0.05) is 12.1 Å².